The van der Waals surface area contributed by atoms with Crippen LogP contribution in [-0.2, 0) is 6.54 Å². The molecule has 0 radical (unpaired) electrons. The monoisotopic (exact) mass is 362 g/mol. The molecule has 0 saturated heterocycles. The van der Waals surface area contributed by atoms with Crippen LogP contribution in [0.2, 0.25) is 0 Å². The van der Waals surface area contributed by atoms with Crippen molar-refractivity contribution in [2.24, 2.45) is 0 Å². The Balaban J connectivity index is 1.63. The molecule has 0 aliphatic rings. The highest BCUT2D eigenvalue weighted by Crippen LogP contribution is 2.18. The zero-order valence-corrected chi connectivity index (χ0v) is 15.6. The highest BCUT2D eigenvalue weighted by Gasteiger charge is 2.10. The summed E-state index contributed by atoms with van der Waals surface area (Å²) in [4.78, 5) is 20.8. The lowest BCUT2D eigenvalue weighted by molar-refractivity contribution is 0.0945. The maximum atomic E-state index is 12.3. The van der Waals surface area contributed by atoms with Crippen LogP contribution in [0.25, 0.3) is 0 Å². The molecule has 3 aromatic rings. The minimum atomic E-state index is -0.286. The number of anilines is 2. The van der Waals surface area contributed by atoms with Crippen LogP contribution in [0.4, 0.5) is 11.5 Å². The first-order valence-corrected chi connectivity index (χ1v) is 8.62. The summed E-state index contributed by atoms with van der Waals surface area (Å²) < 4.78 is 5.28. The number of aryl methyl sites for hydroxylation is 2. The van der Waals surface area contributed by atoms with Gasteiger partial charge in [0.05, 0.1) is 19.5 Å². The van der Waals surface area contributed by atoms with E-state index < -0.39 is 0 Å². The lowest BCUT2D eigenvalue weighted by atomic mass is 10.1. The van der Waals surface area contributed by atoms with E-state index in [1.54, 1.807) is 13.3 Å². The van der Waals surface area contributed by atoms with Gasteiger partial charge in [-0.15, -0.1) is 0 Å². The molecule has 0 unspecified atom stereocenters. The fraction of sp³-hybridized carbons (Fsp3) is 0.190. The largest absolute Gasteiger partial charge is 0.496 e. The summed E-state index contributed by atoms with van der Waals surface area (Å²) in [7, 11) is 1.60. The Morgan fingerprint density at radius 3 is 2.44 bits per heavy atom. The summed E-state index contributed by atoms with van der Waals surface area (Å²) >= 11 is 0. The molecular weight excluding hydrogens is 340 g/mol. The summed E-state index contributed by atoms with van der Waals surface area (Å²) in [6, 6.07) is 13.7. The second-order valence-corrected chi connectivity index (χ2v) is 6.28. The number of carbonyl (C=O) groups is 1. The Bertz CT molecular complexity index is 919. The van der Waals surface area contributed by atoms with Crippen LogP contribution in [0, 0.1) is 13.8 Å². The number of nitrogens with zero attached hydrogens (tertiary/aromatic N) is 2. The van der Waals surface area contributed by atoms with Crippen LogP contribution in [0.15, 0.2) is 54.9 Å². The van der Waals surface area contributed by atoms with Gasteiger partial charge in [0, 0.05) is 17.8 Å². The van der Waals surface area contributed by atoms with Crippen LogP contribution in [0.3, 0.4) is 0 Å². The molecule has 0 atom stereocenters. The van der Waals surface area contributed by atoms with Crippen molar-refractivity contribution in [2.45, 2.75) is 20.4 Å². The van der Waals surface area contributed by atoms with Gasteiger partial charge >= 0.3 is 0 Å². The Hall–Kier alpha value is -3.41. The van der Waals surface area contributed by atoms with Crippen LogP contribution in [-0.4, -0.2) is 23.0 Å². The Morgan fingerprint density at radius 2 is 1.78 bits per heavy atom. The molecule has 1 heterocycles. The van der Waals surface area contributed by atoms with Gasteiger partial charge in [-0.25, -0.2) is 9.97 Å². The average molecular weight is 362 g/mol. The summed E-state index contributed by atoms with van der Waals surface area (Å²) in [6.07, 6.45) is 3.01. The first kappa shape index (κ1) is 18.4. The number of para-hydroxylation sites is 1. The van der Waals surface area contributed by atoms with Crippen LogP contribution in [0.1, 0.15) is 27.2 Å². The fourth-order valence-corrected chi connectivity index (χ4v) is 2.82. The fourth-order valence-electron chi connectivity index (χ4n) is 2.82. The molecule has 138 valence electrons. The first-order chi connectivity index (χ1) is 13.0. The normalized spacial score (nSPS) is 10.3. The van der Waals surface area contributed by atoms with Crippen molar-refractivity contribution in [1.82, 2.24) is 15.3 Å². The van der Waals surface area contributed by atoms with Gasteiger partial charge in [0.1, 0.15) is 17.3 Å². The molecule has 1 aromatic heterocycles. The number of methoxy groups -OCH3 is 1. The molecular formula is C21H22N4O2. The number of rotatable bonds is 6. The molecule has 0 bridgehead atoms. The number of aromatic nitrogens is 2. The quantitative estimate of drug-likeness (QED) is 0.698. The van der Waals surface area contributed by atoms with Gasteiger partial charge in [-0.05, 0) is 43.2 Å². The third kappa shape index (κ3) is 4.82. The molecule has 3 rings (SSSR count). The van der Waals surface area contributed by atoms with Crippen LogP contribution < -0.4 is 15.4 Å². The zero-order valence-electron chi connectivity index (χ0n) is 15.6. The lowest BCUT2D eigenvalue weighted by Crippen LogP contribution is -2.24. The Morgan fingerprint density at radius 1 is 1.04 bits per heavy atom. The topological polar surface area (TPSA) is 76.1 Å². The van der Waals surface area contributed by atoms with Crippen LogP contribution in [0.5, 0.6) is 5.75 Å². The second kappa shape index (κ2) is 8.31. The molecule has 0 spiro atoms. The number of nitrogens with one attached hydrogen (secondary N) is 2. The maximum absolute atomic E-state index is 12.3. The van der Waals surface area contributed by atoms with E-state index in [4.69, 9.17) is 4.74 Å². The van der Waals surface area contributed by atoms with E-state index in [0.29, 0.717) is 12.4 Å². The molecule has 0 aliphatic heterocycles. The Kier molecular flexibility index (Phi) is 5.66. The molecule has 0 aliphatic carbocycles. The minimum absolute atomic E-state index is 0.260. The summed E-state index contributed by atoms with van der Waals surface area (Å²) in [6.45, 7) is 4.44. The third-order valence-electron chi connectivity index (χ3n) is 4.01. The van der Waals surface area contributed by atoms with Gasteiger partial charge in [0.25, 0.3) is 5.91 Å². The molecule has 0 fully saturated rings. The third-order valence-corrected chi connectivity index (χ3v) is 4.01. The van der Waals surface area contributed by atoms with Crippen molar-refractivity contribution in [3.63, 3.8) is 0 Å². The lowest BCUT2D eigenvalue weighted by Gasteiger charge is -2.10. The average Bonchev–Trinajstić information content (AvgIpc) is 2.66. The van der Waals surface area contributed by atoms with Gasteiger partial charge in [-0.1, -0.05) is 24.3 Å². The first-order valence-electron chi connectivity index (χ1n) is 8.62. The van der Waals surface area contributed by atoms with Gasteiger partial charge in [0.15, 0.2) is 0 Å². The van der Waals surface area contributed by atoms with E-state index in [-0.39, 0.29) is 11.6 Å². The van der Waals surface area contributed by atoms with Crippen molar-refractivity contribution in [3.05, 3.63) is 77.2 Å². The summed E-state index contributed by atoms with van der Waals surface area (Å²) in [5, 5.41) is 6.03. The molecule has 1 amide bonds. The van der Waals surface area contributed by atoms with Crippen molar-refractivity contribution in [1.29, 1.82) is 0 Å². The van der Waals surface area contributed by atoms with Crippen molar-refractivity contribution in [3.8, 4) is 5.75 Å². The number of amides is 1. The SMILES string of the molecule is COc1ccccc1CNC(=O)c1cnc(Nc2cc(C)cc(C)c2)cn1. The molecule has 27 heavy (non-hydrogen) atoms. The number of hydrogen-bond donors (Lipinski definition) is 2. The van der Waals surface area contributed by atoms with Gasteiger partial charge in [-0.3, -0.25) is 4.79 Å². The summed E-state index contributed by atoms with van der Waals surface area (Å²) in [5.74, 6) is 1.03. The number of benzene rings is 2. The number of ether oxygens (including phenoxy) is 1. The minimum Gasteiger partial charge on any atom is -0.496 e. The Labute approximate surface area is 158 Å². The smallest absolute Gasteiger partial charge is 0.271 e. The van der Waals surface area contributed by atoms with Crippen molar-refractivity contribution in [2.75, 3.05) is 12.4 Å². The highest BCUT2D eigenvalue weighted by atomic mass is 16.5. The predicted molar refractivity (Wildman–Crippen MR) is 105 cm³/mol. The molecule has 6 heteroatoms. The van der Waals surface area contributed by atoms with E-state index in [0.717, 1.165) is 28.1 Å². The van der Waals surface area contributed by atoms with E-state index >= 15 is 0 Å². The van der Waals surface area contributed by atoms with Crippen molar-refractivity contribution >= 4 is 17.4 Å². The highest BCUT2D eigenvalue weighted by molar-refractivity contribution is 5.92. The molecule has 2 N–H and O–H groups in total. The maximum Gasteiger partial charge on any atom is 0.271 e. The van der Waals surface area contributed by atoms with E-state index in [1.807, 2.05) is 50.2 Å². The van der Waals surface area contributed by atoms with Gasteiger partial charge in [-0.2, -0.15) is 0 Å². The zero-order chi connectivity index (χ0) is 19.2. The molecule has 6 nitrogen and oxygen atoms in total. The summed E-state index contributed by atoms with van der Waals surface area (Å²) in [5.41, 5.74) is 4.43. The second-order valence-electron chi connectivity index (χ2n) is 6.28. The van der Waals surface area contributed by atoms with Crippen molar-refractivity contribution < 1.29 is 9.53 Å². The van der Waals surface area contributed by atoms with Crippen LogP contribution >= 0.6 is 0 Å². The standard InChI is InChI=1S/C21H22N4O2/c1-14-8-15(2)10-17(9-14)25-20-13-22-18(12-23-20)21(26)24-11-16-6-4-5-7-19(16)27-3/h4-10,12-13H,11H2,1-3H3,(H,23,25)(H,24,26). The van der Waals surface area contributed by atoms with E-state index in [1.165, 1.54) is 6.20 Å². The van der Waals surface area contributed by atoms with Gasteiger partial charge < -0.3 is 15.4 Å². The number of carbonyl (C=O) groups excluding carboxylic acids is 1. The molecule has 2 aromatic carbocycles. The van der Waals surface area contributed by atoms with Gasteiger partial charge in [0.2, 0.25) is 0 Å². The predicted octanol–water partition coefficient (Wildman–Crippen LogP) is 3.78. The van der Waals surface area contributed by atoms with E-state index in [9.17, 15) is 4.79 Å². The number of hydrogen-bond acceptors (Lipinski definition) is 5. The molecule has 0 saturated carbocycles. The van der Waals surface area contributed by atoms with E-state index in [2.05, 4.69) is 26.7 Å².